The van der Waals surface area contributed by atoms with Gasteiger partial charge in [0.15, 0.2) is 0 Å². The molecule has 0 radical (unpaired) electrons. The van der Waals surface area contributed by atoms with Crippen LogP contribution in [0.5, 0.6) is 0 Å². The van der Waals surface area contributed by atoms with Crippen LogP contribution < -0.4 is 5.73 Å². The smallest absolute Gasteiger partial charge is 0.122 e. The maximum absolute atomic E-state index is 8.26. The van der Waals surface area contributed by atoms with E-state index in [-0.39, 0.29) is 12.3 Å². The second-order valence-electron chi connectivity index (χ2n) is 2.63. The fraction of sp³-hybridized carbons (Fsp3) is 0.0909. The monoisotopic (exact) mass is 183 g/mol. The largest absolute Gasteiger partial charge is 0.384 e. The quantitative estimate of drug-likeness (QED) is 0.390. The lowest BCUT2D eigenvalue weighted by molar-refractivity contribution is 1.39. The number of hydrogen-bond donors (Lipinski definition) is 2. The van der Waals surface area contributed by atoms with E-state index in [1.807, 2.05) is 6.07 Å². The van der Waals surface area contributed by atoms with Gasteiger partial charge in [-0.25, -0.2) is 0 Å². The van der Waals surface area contributed by atoms with Crippen LogP contribution in [0.15, 0.2) is 24.3 Å². The van der Waals surface area contributed by atoms with E-state index in [1.165, 1.54) is 0 Å². The van der Waals surface area contributed by atoms with Crippen molar-refractivity contribution in [2.75, 3.05) is 0 Å². The van der Waals surface area contributed by atoms with Crippen LogP contribution in [0, 0.1) is 28.6 Å². The van der Waals surface area contributed by atoms with Crippen LogP contribution >= 0.6 is 0 Å². The molecular weight excluding hydrogens is 174 g/mol. The van der Waals surface area contributed by atoms with E-state index >= 15 is 0 Å². The normalized spacial score (nSPS) is 8.21. The van der Waals surface area contributed by atoms with Crippen molar-refractivity contribution in [3.05, 3.63) is 35.4 Å². The molecule has 14 heavy (non-hydrogen) atoms. The Morgan fingerprint density at radius 2 is 2.00 bits per heavy atom. The van der Waals surface area contributed by atoms with Gasteiger partial charge in [-0.2, -0.15) is 5.26 Å². The number of amidine groups is 1. The van der Waals surface area contributed by atoms with Crippen LogP contribution in [0.25, 0.3) is 0 Å². The zero-order valence-electron chi connectivity index (χ0n) is 7.54. The second-order valence-corrected chi connectivity index (χ2v) is 2.63. The van der Waals surface area contributed by atoms with Crippen LogP contribution in [-0.2, 0) is 0 Å². The highest BCUT2D eigenvalue weighted by Gasteiger charge is 1.93. The van der Waals surface area contributed by atoms with Gasteiger partial charge in [0, 0.05) is 11.1 Å². The van der Waals surface area contributed by atoms with Crippen LogP contribution in [0.4, 0.5) is 0 Å². The summed E-state index contributed by atoms with van der Waals surface area (Å²) in [7, 11) is 0. The average Bonchev–Trinajstić information content (AvgIpc) is 2.19. The first-order valence-corrected chi connectivity index (χ1v) is 4.04. The molecule has 3 heteroatoms. The van der Waals surface area contributed by atoms with Crippen molar-refractivity contribution in [3.8, 4) is 17.9 Å². The molecule has 0 aromatic heterocycles. The number of rotatable bonds is 1. The molecule has 3 nitrogen and oxygen atoms in total. The summed E-state index contributed by atoms with van der Waals surface area (Å²) in [5.74, 6) is 5.57. The van der Waals surface area contributed by atoms with Gasteiger partial charge in [-0.1, -0.05) is 24.0 Å². The van der Waals surface area contributed by atoms with Gasteiger partial charge in [0.05, 0.1) is 12.5 Å². The Bertz CT molecular complexity index is 426. The van der Waals surface area contributed by atoms with E-state index in [1.54, 1.807) is 24.3 Å². The standard InChI is InChI=1S/C11H9N3/c12-8-2-1-3-9-4-6-10(7-5-9)11(13)14/h4-7H,2H2,(H3,13,14). The van der Waals surface area contributed by atoms with Crippen molar-refractivity contribution < 1.29 is 0 Å². The minimum Gasteiger partial charge on any atom is -0.384 e. The predicted molar refractivity (Wildman–Crippen MR) is 54.6 cm³/mol. The molecule has 0 heterocycles. The fourth-order valence-electron chi connectivity index (χ4n) is 0.919. The molecule has 0 saturated carbocycles. The maximum Gasteiger partial charge on any atom is 0.122 e. The molecule has 68 valence electrons. The summed E-state index contributed by atoms with van der Waals surface area (Å²) < 4.78 is 0. The molecule has 0 bridgehead atoms. The molecule has 3 N–H and O–H groups in total. The van der Waals surface area contributed by atoms with E-state index in [4.69, 9.17) is 16.4 Å². The van der Waals surface area contributed by atoms with Gasteiger partial charge >= 0.3 is 0 Å². The van der Waals surface area contributed by atoms with Gasteiger partial charge in [0.2, 0.25) is 0 Å². The molecule has 1 aromatic carbocycles. The van der Waals surface area contributed by atoms with Gasteiger partial charge in [-0.15, -0.1) is 0 Å². The summed E-state index contributed by atoms with van der Waals surface area (Å²) in [6, 6.07) is 8.97. The SMILES string of the molecule is N#CCC#Cc1ccc(C(=N)N)cc1. The first kappa shape index (κ1) is 9.83. The number of nitrogens with zero attached hydrogens (tertiary/aromatic N) is 1. The number of nitrogens with two attached hydrogens (primary N) is 1. The number of hydrogen-bond acceptors (Lipinski definition) is 2. The summed E-state index contributed by atoms with van der Waals surface area (Å²) in [5, 5.41) is 15.4. The highest BCUT2D eigenvalue weighted by atomic mass is 14.7. The molecule has 0 unspecified atom stereocenters. The lowest BCUT2D eigenvalue weighted by Gasteiger charge is -1.96. The van der Waals surface area contributed by atoms with E-state index in [2.05, 4.69) is 11.8 Å². The molecule has 0 spiro atoms. The van der Waals surface area contributed by atoms with E-state index in [9.17, 15) is 0 Å². The molecular formula is C11H9N3. The topological polar surface area (TPSA) is 73.7 Å². The van der Waals surface area contributed by atoms with Crippen molar-refractivity contribution in [2.24, 2.45) is 5.73 Å². The molecule has 1 rings (SSSR count). The van der Waals surface area contributed by atoms with Crippen LogP contribution in [0.3, 0.4) is 0 Å². The molecule has 1 aromatic rings. The summed E-state index contributed by atoms with van der Waals surface area (Å²) in [6.45, 7) is 0. The zero-order valence-corrected chi connectivity index (χ0v) is 7.54. The third-order valence-corrected chi connectivity index (χ3v) is 1.60. The molecule has 0 aliphatic rings. The van der Waals surface area contributed by atoms with Gasteiger partial charge in [0.1, 0.15) is 5.84 Å². The Labute approximate surface area is 82.7 Å². The van der Waals surface area contributed by atoms with Gasteiger partial charge < -0.3 is 5.73 Å². The fourth-order valence-corrected chi connectivity index (χ4v) is 0.919. The first-order chi connectivity index (χ1) is 6.74. The van der Waals surface area contributed by atoms with Gasteiger partial charge in [0.25, 0.3) is 0 Å². The third kappa shape index (κ3) is 2.66. The summed E-state index contributed by atoms with van der Waals surface area (Å²) in [4.78, 5) is 0. The lowest BCUT2D eigenvalue weighted by atomic mass is 10.1. The number of nitriles is 1. The minimum absolute atomic E-state index is 0.0431. The zero-order chi connectivity index (χ0) is 10.4. The first-order valence-electron chi connectivity index (χ1n) is 4.04. The summed E-state index contributed by atoms with van der Waals surface area (Å²) in [5.41, 5.74) is 6.79. The van der Waals surface area contributed by atoms with Crippen molar-refractivity contribution in [1.29, 1.82) is 10.7 Å². The Balaban J connectivity index is 2.81. The predicted octanol–water partition coefficient (Wildman–Crippen LogP) is 1.24. The highest BCUT2D eigenvalue weighted by Crippen LogP contribution is 2.02. The summed E-state index contributed by atoms with van der Waals surface area (Å²) in [6.07, 6.45) is 0.231. The minimum atomic E-state index is 0.0431. The van der Waals surface area contributed by atoms with Crippen molar-refractivity contribution >= 4 is 5.84 Å². The Hall–Kier alpha value is -2.26. The highest BCUT2D eigenvalue weighted by molar-refractivity contribution is 5.94. The second kappa shape index (κ2) is 4.69. The third-order valence-electron chi connectivity index (χ3n) is 1.60. The van der Waals surface area contributed by atoms with Gasteiger partial charge in [-0.05, 0) is 12.1 Å². The van der Waals surface area contributed by atoms with E-state index in [0.29, 0.717) is 5.56 Å². The van der Waals surface area contributed by atoms with Crippen LogP contribution in [0.1, 0.15) is 17.5 Å². The molecule has 0 saturated heterocycles. The van der Waals surface area contributed by atoms with E-state index < -0.39 is 0 Å². The summed E-state index contributed by atoms with van der Waals surface area (Å²) >= 11 is 0. The molecule has 0 aliphatic carbocycles. The number of benzene rings is 1. The molecule has 0 aliphatic heterocycles. The Morgan fingerprint density at radius 3 is 2.50 bits per heavy atom. The van der Waals surface area contributed by atoms with Crippen LogP contribution in [-0.4, -0.2) is 5.84 Å². The number of nitrogen functional groups attached to an aromatic ring is 1. The number of nitrogens with one attached hydrogen (secondary N) is 1. The van der Waals surface area contributed by atoms with Crippen molar-refractivity contribution in [1.82, 2.24) is 0 Å². The maximum atomic E-state index is 8.26. The Morgan fingerprint density at radius 1 is 1.36 bits per heavy atom. The van der Waals surface area contributed by atoms with E-state index in [0.717, 1.165) is 5.56 Å². The Kier molecular flexibility index (Phi) is 3.29. The van der Waals surface area contributed by atoms with Crippen molar-refractivity contribution in [2.45, 2.75) is 6.42 Å². The van der Waals surface area contributed by atoms with Gasteiger partial charge in [-0.3, -0.25) is 5.41 Å². The molecule has 0 amide bonds. The molecule has 0 fully saturated rings. The lowest BCUT2D eigenvalue weighted by Crippen LogP contribution is -2.10. The average molecular weight is 183 g/mol. The van der Waals surface area contributed by atoms with Crippen molar-refractivity contribution in [3.63, 3.8) is 0 Å². The van der Waals surface area contributed by atoms with Crippen LogP contribution in [0.2, 0.25) is 0 Å². The molecule has 0 atom stereocenters.